The van der Waals surface area contributed by atoms with Gasteiger partial charge in [0.25, 0.3) is 5.60 Å². The molecule has 0 aliphatic heterocycles. The number of nitrogens with zero attached hydrogens (tertiary/aromatic N) is 1. The first kappa shape index (κ1) is 26.7. The first-order valence-corrected chi connectivity index (χ1v) is 14.2. The first-order chi connectivity index (χ1) is 16.1. The summed E-state index contributed by atoms with van der Waals surface area (Å²) in [6, 6.07) is 14.4. The number of carbonyl (C=O) groups excluding carboxylic acids is 1. The van der Waals surface area contributed by atoms with Crippen LogP contribution >= 0.6 is 0 Å². The van der Waals surface area contributed by atoms with Crippen molar-refractivity contribution in [3.05, 3.63) is 60.2 Å². The topological polar surface area (TPSA) is 68.7 Å². The zero-order valence-electron chi connectivity index (χ0n) is 20.7. The Hall–Kier alpha value is -2.91. The molecule has 1 unspecified atom stereocenters. The summed E-state index contributed by atoms with van der Waals surface area (Å²) in [5.41, 5.74) is -3.93. The van der Waals surface area contributed by atoms with Crippen molar-refractivity contribution in [3.63, 3.8) is 0 Å². The summed E-state index contributed by atoms with van der Waals surface area (Å²) >= 11 is 0. The number of pyridine rings is 1. The largest absolute Gasteiger partial charge is 0.543 e. The predicted octanol–water partition coefficient (Wildman–Crippen LogP) is 6.60. The van der Waals surface area contributed by atoms with Gasteiger partial charge >= 0.3 is 12.1 Å². The zero-order chi connectivity index (χ0) is 26.2. The molecule has 1 N–H and O–H groups in total. The van der Waals surface area contributed by atoms with E-state index in [2.05, 4.69) is 9.72 Å². The molecule has 1 atom stereocenters. The zero-order valence-corrected chi connectivity index (χ0v) is 21.7. The molecule has 2 aromatic carbocycles. The monoisotopic (exact) mass is 505 g/mol. The SMILES string of the molecule is CCOC(=O)C(O)(c1cc(O[Si](C)(C)C(C)(C)C)ccc1-c1ccc2ccccc2n1)C(F)(F)F. The van der Waals surface area contributed by atoms with Crippen LogP contribution in [0, 0.1) is 0 Å². The van der Waals surface area contributed by atoms with Gasteiger partial charge in [-0.3, -0.25) is 0 Å². The van der Waals surface area contributed by atoms with Crippen molar-refractivity contribution in [1.29, 1.82) is 0 Å². The number of aromatic nitrogens is 1. The van der Waals surface area contributed by atoms with Crippen molar-refractivity contribution in [1.82, 2.24) is 4.98 Å². The van der Waals surface area contributed by atoms with Crippen LogP contribution in [0.3, 0.4) is 0 Å². The maximum absolute atomic E-state index is 14.4. The van der Waals surface area contributed by atoms with E-state index in [1.165, 1.54) is 19.1 Å². The molecule has 35 heavy (non-hydrogen) atoms. The highest BCUT2D eigenvalue weighted by molar-refractivity contribution is 6.74. The third kappa shape index (κ3) is 5.06. The van der Waals surface area contributed by atoms with E-state index in [0.29, 0.717) is 5.52 Å². The van der Waals surface area contributed by atoms with Crippen LogP contribution in [0.5, 0.6) is 5.75 Å². The third-order valence-corrected chi connectivity index (χ3v) is 10.8. The highest BCUT2D eigenvalue weighted by Crippen LogP contribution is 2.46. The summed E-state index contributed by atoms with van der Waals surface area (Å²) in [6.45, 7) is 10.9. The summed E-state index contributed by atoms with van der Waals surface area (Å²) in [5.74, 6) is -1.68. The second-order valence-electron chi connectivity index (χ2n) is 9.89. The van der Waals surface area contributed by atoms with E-state index in [1.54, 1.807) is 24.3 Å². The van der Waals surface area contributed by atoms with E-state index in [4.69, 9.17) is 4.43 Å². The molecule has 0 fully saturated rings. The molecule has 0 saturated heterocycles. The van der Waals surface area contributed by atoms with Crippen LogP contribution in [0.15, 0.2) is 54.6 Å². The normalized spacial score (nSPS) is 14.5. The molecule has 3 aromatic rings. The highest BCUT2D eigenvalue weighted by atomic mass is 28.4. The molecule has 0 aliphatic carbocycles. The number of hydrogen-bond acceptors (Lipinski definition) is 5. The molecule has 1 aromatic heterocycles. The summed E-state index contributed by atoms with van der Waals surface area (Å²) < 4.78 is 54.0. The van der Waals surface area contributed by atoms with Crippen molar-refractivity contribution in [2.75, 3.05) is 6.61 Å². The number of esters is 1. The van der Waals surface area contributed by atoms with Crippen LogP contribution in [0.4, 0.5) is 13.2 Å². The van der Waals surface area contributed by atoms with Crippen LogP contribution in [-0.2, 0) is 15.1 Å². The Morgan fingerprint density at radius 2 is 1.69 bits per heavy atom. The van der Waals surface area contributed by atoms with Gasteiger partial charge in [-0.2, -0.15) is 13.2 Å². The predicted molar refractivity (Wildman–Crippen MR) is 132 cm³/mol. The number of benzene rings is 2. The molecular formula is C26H30F3NO4Si. The van der Waals surface area contributed by atoms with E-state index < -0.39 is 31.6 Å². The van der Waals surface area contributed by atoms with Crippen LogP contribution in [0.2, 0.25) is 18.1 Å². The molecule has 0 aliphatic rings. The summed E-state index contributed by atoms with van der Waals surface area (Å²) in [7, 11) is -2.44. The summed E-state index contributed by atoms with van der Waals surface area (Å²) in [5, 5.41) is 11.6. The van der Waals surface area contributed by atoms with Gasteiger partial charge in [0.05, 0.1) is 17.8 Å². The molecular weight excluding hydrogens is 475 g/mol. The molecule has 188 valence electrons. The fourth-order valence-electron chi connectivity index (χ4n) is 3.39. The van der Waals surface area contributed by atoms with Crippen molar-refractivity contribution in [2.45, 2.75) is 57.6 Å². The molecule has 0 saturated carbocycles. The second kappa shape index (κ2) is 9.27. The van der Waals surface area contributed by atoms with Gasteiger partial charge in [0.1, 0.15) is 5.75 Å². The van der Waals surface area contributed by atoms with E-state index in [-0.39, 0.29) is 28.7 Å². The molecule has 3 rings (SSSR count). The van der Waals surface area contributed by atoms with Gasteiger partial charge in [-0.05, 0) is 55.4 Å². The molecule has 5 nitrogen and oxygen atoms in total. The van der Waals surface area contributed by atoms with Gasteiger partial charge in [0.2, 0.25) is 8.32 Å². The average Bonchev–Trinajstić information content (AvgIpc) is 2.76. The molecule has 0 radical (unpaired) electrons. The van der Waals surface area contributed by atoms with Crippen LogP contribution in [0.1, 0.15) is 33.3 Å². The Labute approximate surface area is 204 Å². The maximum atomic E-state index is 14.4. The number of aliphatic hydroxyl groups is 1. The van der Waals surface area contributed by atoms with Crippen molar-refractivity contribution in [2.24, 2.45) is 0 Å². The van der Waals surface area contributed by atoms with Crippen molar-refractivity contribution >= 4 is 25.2 Å². The Morgan fingerprint density at radius 3 is 2.29 bits per heavy atom. The maximum Gasteiger partial charge on any atom is 0.432 e. The highest BCUT2D eigenvalue weighted by Gasteiger charge is 2.63. The first-order valence-electron chi connectivity index (χ1n) is 11.3. The number of ether oxygens (including phenoxy) is 1. The summed E-state index contributed by atoms with van der Waals surface area (Å²) in [6.07, 6.45) is -5.36. The molecule has 9 heteroatoms. The van der Waals surface area contributed by atoms with Crippen LogP contribution in [-0.4, -0.2) is 37.2 Å². The van der Waals surface area contributed by atoms with Gasteiger partial charge in [-0.1, -0.05) is 45.0 Å². The average molecular weight is 506 g/mol. The third-order valence-electron chi connectivity index (χ3n) is 6.42. The molecule has 1 heterocycles. The minimum Gasteiger partial charge on any atom is -0.543 e. The van der Waals surface area contributed by atoms with Crippen LogP contribution < -0.4 is 4.43 Å². The lowest BCUT2D eigenvalue weighted by molar-refractivity contribution is -0.267. The fourth-order valence-corrected chi connectivity index (χ4v) is 4.41. The van der Waals surface area contributed by atoms with Gasteiger partial charge in [-0.25, -0.2) is 9.78 Å². The number of fused-ring (bicyclic) bond motifs is 1. The van der Waals surface area contributed by atoms with E-state index in [9.17, 15) is 23.1 Å². The molecule has 0 bridgehead atoms. The lowest BCUT2D eigenvalue weighted by atomic mass is 9.87. The fraction of sp³-hybridized carbons (Fsp3) is 0.385. The Bertz CT molecular complexity index is 1240. The quantitative estimate of drug-likeness (QED) is 0.302. The number of alkyl halides is 3. The lowest BCUT2D eigenvalue weighted by Gasteiger charge is -2.37. The van der Waals surface area contributed by atoms with E-state index in [1.807, 2.05) is 46.0 Å². The van der Waals surface area contributed by atoms with Gasteiger partial charge in [0.15, 0.2) is 0 Å². The van der Waals surface area contributed by atoms with Crippen molar-refractivity contribution < 1.29 is 32.2 Å². The Morgan fingerprint density at radius 1 is 1.03 bits per heavy atom. The minimum absolute atomic E-state index is 0.0498. The standard InChI is InChI=1S/C26H30F3NO4Si/c1-7-33-23(31)25(32,26(27,28)29)20-16-18(34-35(5,6)24(2,3)4)13-14-19(20)22-15-12-17-10-8-9-11-21(17)30-22/h8-16,32H,7H2,1-6H3. The van der Waals surface area contributed by atoms with Gasteiger partial charge in [-0.15, -0.1) is 0 Å². The molecule has 0 amide bonds. The number of hydrogen-bond donors (Lipinski definition) is 1. The minimum atomic E-state index is -5.36. The summed E-state index contributed by atoms with van der Waals surface area (Å²) in [4.78, 5) is 17.1. The number of carbonyl (C=O) groups is 1. The van der Waals surface area contributed by atoms with Crippen molar-refractivity contribution in [3.8, 4) is 17.0 Å². The van der Waals surface area contributed by atoms with Gasteiger partial charge < -0.3 is 14.3 Å². The number of halogens is 3. The lowest BCUT2D eigenvalue weighted by Crippen LogP contribution is -2.50. The van der Waals surface area contributed by atoms with E-state index in [0.717, 1.165) is 11.5 Å². The van der Waals surface area contributed by atoms with Crippen LogP contribution in [0.25, 0.3) is 22.2 Å². The number of rotatable bonds is 6. The second-order valence-corrected chi connectivity index (χ2v) is 14.6. The number of para-hydroxylation sites is 1. The van der Waals surface area contributed by atoms with E-state index >= 15 is 0 Å². The van der Waals surface area contributed by atoms with Gasteiger partial charge in [0, 0.05) is 16.5 Å². The Balaban J connectivity index is 2.29. The smallest absolute Gasteiger partial charge is 0.432 e. The molecule has 0 spiro atoms. The Kier molecular flexibility index (Phi) is 7.07.